The third-order valence-corrected chi connectivity index (χ3v) is 9.17. The quantitative estimate of drug-likeness (QED) is 0.251. The fourth-order valence-electron chi connectivity index (χ4n) is 4.84. The Hall–Kier alpha value is -4.15. The Morgan fingerprint density at radius 3 is 2.54 bits per heavy atom. The third kappa shape index (κ3) is 6.78. The van der Waals surface area contributed by atoms with E-state index in [0.717, 1.165) is 32.6 Å². The van der Waals surface area contributed by atoms with Crippen LogP contribution in [0.15, 0.2) is 77.2 Å². The average Bonchev–Trinajstić information content (AvgIpc) is 3.33. The Morgan fingerprint density at radius 2 is 1.80 bits per heavy atom. The highest BCUT2D eigenvalue weighted by Gasteiger charge is 2.35. The van der Waals surface area contributed by atoms with Gasteiger partial charge in [0.25, 0.3) is 0 Å². The normalized spacial score (nSPS) is 14.9. The molecule has 0 radical (unpaired) electrons. The standard InChI is InChI=1S/C31H33N3O6S/c1-21-7-11-25(12-8-21)31-33-27(22(2)40-31)17-18-39-26-14-9-23(10-15-26)19-34(20-30(35)36)41(37,38)29-16-13-24-5-3-4-6-28(24)32-29/h3-12,14-15,29,32H,13,16-20H2,1-2H3,(H,35,36). The molecule has 1 aliphatic rings. The minimum atomic E-state index is -3.95. The number of sulfonamides is 1. The van der Waals surface area contributed by atoms with Gasteiger partial charge in [0.2, 0.25) is 15.9 Å². The minimum Gasteiger partial charge on any atom is -0.493 e. The number of aliphatic carboxylic acids is 1. The highest BCUT2D eigenvalue weighted by atomic mass is 32.2. The fourth-order valence-corrected chi connectivity index (χ4v) is 6.51. The summed E-state index contributed by atoms with van der Waals surface area (Å²) in [6.07, 6.45) is 1.52. The molecule has 3 aromatic carbocycles. The van der Waals surface area contributed by atoms with Crippen molar-refractivity contribution in [2.45, 2.75) is 45.0 Å². The predicted molar refractivity (Wildman–Crippen MR) is 156 cm³/mol. The molecule has 4 aromatic rings. The van der Waals surface area contributed by atoms with Gasteiger partial charge in [-0.2, -0.15) is 4.31 Å². The molecule has 1 unspecified atom stereocenters. The number of carboxylic acids is 1. The van der Waals surface area contributed by atoms with Crippen molar-refractivity contribution in [3.05, 3.63) is 101 Å². The topological polar surface area (TPSA) is 122 Å². The van der Waals surface area contributed by atoms with Crippen LogP contribution in [-0.4, -0.2) is 47.3 Å². The van der Waals surface area contributed by atoms with Crippen molar-refractivity contribution in [2.75, 3.05) is 18.5 Å². The van der Waals surface area contributed by atoms with E-state index in [2.05, 4.69) is 10.3 Å². The van der Waals surface area contributed by atoms with E-state index in [9.17, 15) is 18.3 Å². The van der Waals surface area contributed by atoms with Crippen LogP contribution in [0.1, 0.15) is 34.6 Å². The van der Waals surface area contributed by atoms with Gasteiger partial charge in [-0.3, -0.25) is 4.79 Å². The largest absolute Gasteiger partial charge is 0.493 e. The first-order chi connectivity index (χ1) is 19.7. The maximum atomic E-state index is 13.5. The molecule has 0 spiro atoms. The fraction of sp³-hybridized carbons (Fsp3) is 0.290. The maximum Gasteiger partial charge on any atom is 0.318 e. The van der Waals surface area contributed by atoms with Gasteiger partial charge in [0.1, 0.15) is 23.4 Å². The number of ether oxygens (including phenoxy) is 1. The molecule has 10 heteroatoms. The Morgan fingerprint density at radius 1 is 1.07 bits per heavy atom. The summed E-state index contributed by atoms with van der Waals surface area (Å²) >= 11 is 0. The lowest BCUT2D eigenvalue weighted by molar-refractivity contribution is -0.137. The van der Waals surface area contributed by atoms with E-state index >= 15 is 0 Å². The lowest BCUT2D eigenvalue weighted by atomic mass is 10.0. The Balaban J connectivity index is 1.20. The van der Waals surface area contributed by atoms with Crippen molar-refractivity contribution < 1.29 is 27.5 Å². The van der Waals surface area contributed by atoms with Crippen molar-refractivity contribution in [3.63, 3.8) is 0 Å². The van der Waals surface area contributed by atoms with Gasteiger partial charge >= 0.3 is 5.97 Å². The van der Waals surface area contributed by atoms with E-state index in [1.165, 1.54) is 5.56 Å². The molecule has 0 saturated heterocycles. The van der Waals surface area contributed by atoms with E-state index in [1.807, 2.05) is 62.4 Å². The van der Waals surface area contributed by atoms with Crippen LogP contribution in [0.4, 0.5) is 5.69 Å². The monoisotopic (exact) mass is 575 g/mol. The van der Waals surface area contributed by atoms with Crippen molar-refractivity contribution in [3.8, 4) is 17.2 Å². The number of nitrogens with zero attached hydrogens (tertiary/aromatic N) is 2. The highest BCUT2D eigenvalue weighted by Crippen LogP contribution is 2.29. The molecule has 1 atom stereocenters. The first kappa shape index (κ1) is 28.4. The number of hydrogen-bond donors (Lipinski definition) is 2. The molecule has 214 valence electrons. The third-order valence-electron chi connectivity index (χ3n) is 7.12. The van der Waals surface area contributed by atoms with Crippen LogP contribution in [0.25, 0.3) is 11.5 Å². The molecule has 0 fully saturated rings. The molecule has 2 N–H and O–H groups in total. The van der Waals surface area contributed by atoms with Crippen molar-refractivity contribution in [2.24, 2.45) is 0 Å². The van der Waals surface area contributed by atoms with Crippen LogP contribution in [0.5, 0.6) is 5.75 Å². The number of para-hydroxylation sites is 1. The van der Waals surface area contributed by atoms with Gasteiger partial charge in [-0.25, -0.2) is 13.4 Å². The summed E-state index contributed by atoms with van der Waals surface area (Å²) in [5.41, 5.74) is 5.38. The minimum absolute atomic E-state index is 0.0609. The molecule has 41 heavy (non-hydrogen) atoms. The van der Waals surface area contributed by atoms with Gasteiger partial charge in [-0.15, -0.1) is 0 Å². The molecule has 0 saturated carbocycles. The second-order valence-corrected chi connectivity index (χ2v) is 12.3. The SMILES string of the molecule is Cc1ccc(-c2nc(CCOc3ccc(CN(CC(=O)O)S(=O)(=O)C4CCc5ccccc5N4)cc3)c(C)o2)cc1. The summed E-state index contributed by atoms with van der Waals surface area (Å²) in [6.45, 7) is 3.61. The number of carboxylic acid groups (broad SMARTS) is 1. The van der Waals surface area contributed by atoms with Crippen molar-refractivity contribution in [1.29, 1.82) is 0 Å². The number of benzene rings is 3. The lowest BCUT2D eigenvalue weighted by Gasteiger charge is -2.31. The number of aromatic nitrogens is 1. The number of fused-ring (bicyclic) bond motifs is 1. The molecule has 0 amide bonds. The van der Waals surface area contributed by atoms with E-state index in [0.29, 0.717) is 43.1 Å². The van der Waals surface area contributed by atoms with Gasteiger partial charge in [-0.05, 0) is 68.1 Å². The number of hydrogen-bond acceptors (Lipinski definition) is 7. The van der Waals surface area contributed by atoms with Gasteiger partial charge in [0.05, 0.1) is 12.3 Å². The molecule has 9 nitrogen and oxygen atoms in total. The Bertz CT molecular complexity index is 1610. The number of aryl methyl sites for hydroxylation is 3. The second kappa shape index (κ2) is 12.2. The second-order valence-electron chi connectivity index (χ2n) is 10.2. The van der Waals surface area contributed by atoms with Crippen LogP contribution >= 0.6 is 0 Å². The van der Waals surface area contributed by atoms with Crippen LogP contribution in [0.2, 0.25) is 0 Å². The van der Waals surface area contributed by atoms with Crippen LogP contribution in [0, 0.1) is 13.8 Å². The predicted octanol–water partition coefficient (Wildman–Crippen LogP) is 5.18. The lowest BCUT2D eigenvalue weighted by Crippen LogP contribution is -2.45. The molecule has 0 aliphatic carbocycles. The van der Waals surface area contributed by atoms with E-state index in [-0.39, 0.29) is 6.54 Å². The molecule has 2 heterocycles. The zero-order valence-corrected chi connectivity index (χ0v) is 23.9. The highest BCUT2D eigenvalue weighted by molar-refractivity contribution is 7.89. The number of carbonyl (C=O) groups is 1. The van der Waals surface area contributed by atoms with Gasteiger partial charge < -0.3 is 19.6 Å². The zero-order valence-electron chi connectivity index (χ0n) is 23.0. The van der Waals surface area contributed by atoms with Gasteiger partial charge in [-0.1, -0.05) is 48.0 Å². The molecule has 0 bridgehead atoms. The summed E-state index contributed by atoms with van der Waals surface area (Å²) < 4.78 is 39.7. The summed E-state index contributed by atoms with van der Waals surface area (Å²) in [5.74, 6) is 0.732. The summed E-state index contributed by atoms with van der Waals surface area (Å²) in [5, 5.41) is 11.6. The Labute approximate surface area is 239 Å². The van der Waals surface area contributed by atoms with E-state index in [4.69, 9.17) is 9.15 Å². The first-order valence-electron chi connectivity index (χ1n) is 13.5. The summed E-state index contributed by atoms with van der Waals surface area (Å²) in [7, 11) is -3.95. The molecular weight excluding hydrogens is 542 g/mol. The summed E-state index contributed by atoms with van der Waals surface area (Å²) in [6, 6.07) is 22.6. The van der Waals surface area contributed by atoms with Crippen molar-refractivity contribution in [1.82, 2.24) is 9.29 Å². The molecule has 5 rings (SSSR count). The number of oxazole rings is 1. The van der Waals surface area contributed by atoms with Gasteiger partial charge in [0, 0.05) is 24.2 Å². The van der Waals surface area contributed by atoms with Crippen molar-refractivity contribution >= 4 is 21.7 Å². The molecular formula is C31H33N3O6S. The van der Waals surface area contributed by atoms with Gasteiger partial charge in [0.15, 0.2) is 0 Å². The van der Waals surface area contributed by atoms with Crippen LogP contribution in [-0.2, 0) is 34.2 Å². The number of nitrogens with one attached hydrogen (secondary N) is 1. The summed E-state index contributed by atoms with van der Waals surface area (Å²) in [4.78, 5) is 16.2. The molecule has 1 aromatic heterocycles. The van der Waals surface area contributed by atoms with E-state index < -0.39 is 27.9 Å². The molecule has 1 aliphatic heterocycles. The smallest absolute Gasteiger partial charge is 0.318 e. The number of anilines is 1. The maximum absolute atomic E-state index is 13.5. The average molecular weight is 576 g/mol. The Kier molecular flexibility index (Phi) is 8.41. The van der Waals surface area contributed by atoms with Crippen LogP contribution in [0.3, 0.4) is 0 Å². The zero-order chi connectivity index (χ0) is 29.0. The van der Waals surface area contributed by atoms with Crippen LogP contribution < -0.4 is 10.1 Å². The number of rotatable bonds is 11. The van der Waals surface area contributed by atoms with E-state index in [1.54, 1.807) is 24.3 Å². The first-order valence-corrected chi connectivity index (χ1v) is 15.0.